The van der Waals surface area contributed by atoms with E-state index in [2.05, 4.69) is 9.72 Å². The van der Waals surface area contributed by atoms with Crippen molar-refractivity contribution in [2.75, 3.05) is 7.11 Å². The second-order valence-corrected chi connectivity index (χ2v) is 4.70. The van der Waals surface area contributed by atoms with E-state index < -0.39 is 18.2 Å². The maximum Gasteiger partial charge on any atom is 0.308 e. The second kappa shape index (κ2) is 6.17. The molecule has 0 aliphatic rings. The quantitative estimate of drug-likeness (QED) is 0.665. The van der Waals surface area contributed by atoms with Gasteiger partial charge < -0.3 is 14.9 Å². The van der Waals surface area contributed by atoms with Crippen LogP contribution in [0.4, 0.5) is 0 Å². The molecule has 0 saturated carbocycles. The first-order chi connectivity index (χ1) is 9.54. The van der Waals surface area contributed by atoms with Gasteiger partial charge in [-0.1, -0.05) is 35.9 Å². The van der Waals surface area contributed by atoms with Crippen LogP contribution in [0.5, 0.6) is 0 Å². The molecule has 5 nitrogen and oxygen atoms in total. The number of hydrogen-bond acceptors (Lipinski definition) is 5. The summed E-state index contributed by atoms with van der Waals surface area (Å²) in [4.78, 5) is 15.1. The number of nitrogens with zero attached hydrogens (tertiary/aromatic N) is 1. The Morgan fingerprint density at radius 2 is 2.00 bits per heavy atom. The fourth-order valence-corrected chi connectivity index (χ4v) is 2.20. The molecule has 0 aliphatic heterocycles. The van der Waals surface area contributed by atoms with Crippen LogP contribution in [0.25, 0.3) is 10.8 Å². The van der Waals surface area contributed by atoms with Gasteiger partial charge in [-0.2, -0.15) is 0 Å². The Bertz CT molecular complexity index is 632. The van der Waals surface area contributed by atoms with Gasteiger partial charge in [0.05, 0.1) is 19.6 Å². The number of fused-ring (bicyclic) bond motifs is 1. The summed E-state index contributed by atoms with van der Waals surface area (Å²) < 4.78 is 4.47. The number of ether oxygens (including phenoxy) is 1. The maximum atomic E-state index is 11.1. The van der Waals surface area contributed by atoms with E-state index in [1.54, 1.807) is 24.3 Å². The molecule has 20 heavy (non-hydrogen) atoms. The lowest BCUT2D eigenvalue weighted by Crippen LogP contribution is -2.23. The van der Waals surface area contributed by atoms with E-state index in [0.717, 1.165) is 0 Å². The van der Waals surface area contributed by atoms with E-state index in [1.807, 2.05) is 0 Å². The standard InChI is InChI=1S/C14H14ClNO4/c1-20-12(18)6-11(17)13(19)10-7-16-14(15)9-5-3-2-4-8(9)10/h2-5,7,11,13,17,19H,6H2,1H3. The van der Waals surface area contributed by atoms with E-state index in [-0.39, 0.29) is 6.42 Å². The molecule has 2 unspecified atom stereocenters. The number of carbonyl (C=O) groups excluding carboxylic acids is 1. The number of esters is 1. The molecule has 0 saturated heterocycles. The van der Waals surface area contributed by atoms with E-state index >= 15 is 0 Å². The van der Waals surface area contributed by atoms with Gasteiger partial charge in [-0.25, -0.2) is 4.98 Å². The summed E-state index contributed by atoms with van der Waals surface area (Å²) in [5.74, 6) is -0.595. The Morgan fingerprint density at radius 3 is 2.65 bits per heavy atom. The third-order valence-corrected chi connectivity index (χ3v) is 3.37. The van der Waals surface area contributed by atoms with Crippen molar-refractivity contribution in [3.8, 4) is 0 Å². The fourth-order valence-electron chi connectivity index (χ4n) is 1.99. The number of methoxy groups -OCH3 is 1. The summed E-state index contributed by atoms with van der Waals surface area (Å²) in [5, 5.41) is 21.8. The summed E-state index contributed by atoms with van der Waals surface area (Å²) >= 11 is 5.99. The van der Waals surface area contributed by atoms with Gasteiger partial charge in [0.15, 0.2) is 0 Å². The predicted octanol–water partition coefficient (Wildman–Crippen LogP) is 1.85. The topological polar surface area (TPSA) is 79.7 Å². The molecule has 6 heteroatoms. The van der Waals surface area contributed by atoms with Crippen LogP contribution in [0, 0.1) is 0 Å². The van der Waals surface area contributed by atoms with Crippen LogP contribution in [-0.2, 0) is 9.53 Å². The van der Waals surface area contributed by atoms with E-state index in [0.29, 0.717) is 21.5 Å². The molecule has 0 radical (unpaired) electrons. The summed E-state index contributed by atoms with van der Waals surface area (Å²) in [5.41, 5.74) is 0.418. The van der Waals surface area contributed by atoms with Crippen LogP contribution in [0.2, 0.25) is 5.15 Å². The van der Waals surface area contributed by atoms with Crippen molar-refractivity contribution in [2.24, 2.45) is 0 Å². The van der Waals surface area contributed by atoms with E-state index in [4.69, 9.17) is 11.6 Å². The number of aromatic nitrogens is 1. The molecule has 0 aliphatic carbocycles. The van der Waals surface area contributed by atoms with Crippen LogP contribution in [0.15, 0.2) is 30.5 Å². The molecule has 0 fully saturated rings. The van der Waals surface area contributed by atoms with E-state index in [9.17, 15) is 15.0 Å². The summed E-state index contributed by atoms with van der Waals surface area (Å²) in [6.45, 7) is 0. The van der Waals surface area contributed by atoms with Crippen molar-refractivity contribution in [1.29, 1.82) is 0 Å². The minimum Gasteiger partial charge on any atom is -0.469 e. The van der Waals surface area contributed by atoms with Gasteiger partial charge >= 0.3 is 5.97 Å². The minimum atomic E-state index is -1.27. The normalized spacial score (nSPS) is 14.0. The van der Waals surface area contributed by atoms with Crippen molar-refractivity contribution in [1.82, 2.24) is 4.98 Å². The lowest BCUT2D eigenvalue weighted by Gasteiger charge is -2.18. The molecular weight excluding hydrogens is 282 g/mol. The first-order valence-electron chi connectivity index (χ1n) is 6.00. The summed E-state index contributed by atoms with van der Waals surface area (Å²) in [6.07, 6.45) is -1.41. The smallest absolute Gasteiger partial charge is 0.308 e. The highest BCUT2D eigenvalue weighted by atomic mass is 35.5. The number of halogens is 1. The molecule has 1 aromatic carbocycles. The molecule has 1 heterocycles. The van der Waals surface area contributed by atoms with Gasteiger partial charge in [0.25, 0.3) is 0 Å². The fraction of sp³-hybridized carbons (Fsp3) is 0.286. The third-order valence-electron chi connectivity index (χ3n) is 3.06. The zero-order chi connectivity index (χ0) is 14.7. The summed E-state index contributed by atoms with van der Waals surface area (Å²) in [6, 6.07) is 7.14. The Kier molecular flexibility index (Phi) is 4.54. The van der Waals surface area contributed by atoms with Crippen molar-refractivity contribution in [3.63, 3.8) is 0 Å². The average molecular weight is 296 g/mol. The number of aliphatic hydroxyl groups is 2. The van der Waals surface area contributed by atoms with Crippen LogP contribution in [-0.4, -0.2) is 34.4 Å². The zero-order valence-electron chi connectivity index (χ0n) is 10.8. The van der Waals surface area contributed by atoms with Crippen molar-refractivity contribution < 1.29 is 19.7 Å². The highest BCUT2D eigenvalue weighted by molar-refractivity contribution is 6.34. The maximum absolute atomic E-state index is 11.1. The first kappa shape index (κ1) is 14.7. The Morgan fingerprint density at radius 1 is 1.35 bits per heavy atom. The number of carbonyl (C=O) groups is 1. The van der Waals surface area contributed by atoms with Gasteiger partial charge in [-0.15, -0.1) is 0 Å². The Labute approximate surface area is 120 Å². The lowest BCUT2D eigenvalue weighted by molar-refractivity contribution is -0.144. The highest BCUT2D eigenvalue weighted by Gasteiger charge is 2.24. The molecule has 2 rings (SSSR count). The second-order valence-electron chi connectivity index (χ2n) is 4.34. The SMILES string of the molecule is COC(=O)CC(O)C(O)c1cnc(Cl)c2ccccc12. The molecule has 2 atom stereocenters. The largest absolute Gasteiger partial charge is 0.469 e. The molecule has 1 aromatic heterocycles. The molecule has 0 bridgehead atoms. The number of benzene rings is 1. The lowest BCUT2D eigenvalue weighted by atomic mass is 9.98. The monoisotopic (exact) mass is 295 g/mol. The summed E-state index contributed by atoms with van der Waals surface area (Å²) in [7, 11) is 1.22. The van der Waals surface area contributed by atoms with Gasteiger partial charge in [0.1, 0.15) is 11.3 Å². The van der Waals surface area contributed by atoms with Crippen LogP contribution >= 0.6 is 11.6 Å². The Hall–Kier alpha value is -1.69. The third kappa shape index (κ3) is 2.90. The predicted molar refractivity (Wildman–Crippen MR) is 74.4 cm³/mol. The molecule has 2 aromatic rings. The first-order valence-corrected chi connectivity index (χ1v) is 6.38. The van der Waals surface area contributed by atoms with Crippen molar-refractivity contribution >= 4 is 28.3 Å². The van der Waals surface area contributed by atoms with Gasteiger partial charge in [-0.05, 0) is 5.39 Å². The molecule has 2 N–H and O–H groups in total. The Balaban J connectivity index is 2.37. The molecule has 106 valence electrons. The molecule has 0 spiro atoms. The van der Waals surface area contributed by atoms with E-state index in [1.165, 1.54) is 13.3 Å². The number of aliphatic hydroxyl groups excluding tert-OH is 2. The molecule has 0 amide bonds. The van der Waals surface area contributed by atoms with Crippen LogP contribution in [0.3, 0.4) is 0 Å². The van der Waals surface area contributed by atoms with Crippen LogP contribution < -0.4 is 0 Å². The van der Waals surface area contributed by atoms with Crippen molar-refractivity contribution in [2.45, 2.75) is 18.6 Å². The average Bonchev–Trinajstić information content (AvgIpc) is 2.47. The highest BCUT2D eigenvalue weighted by Crippen LogP contribution is 2.30. The van der Waals surface area contributed by atoms with Gasteiger partial charge in [0, 0.05) is 17.1 Å². The van der Waals surface area contributed by atoms with Gasteiger partial charge in [0.2, 0.25) is 0 Å². The van der Waals surface area contributed by atoms with Crippen molar-refractivity contribution in [3.05, 3.63) is 41.2 Å². The van der Waals surface area contributed by atoms with Gasteiger partial charge in [-0.3, -0.25) is 4.79 Å². The minimum absolute atomic E-state index is 0.297. The number of pyridine rings is 1. The van der Waals surface area contributed by atoms with Crippen LogP contribution in [0.1, 0.15) is 18.1 Å². The molecular formula is C14H14ClNO4. The zero-order valence-corrected chi connectivity index (χ0v) is 11.5. The number of hydrogen-bond donors (Lipinski definition) is 2. The number of rotatable bonds is 4.